The van der Waals surface area contributed by atoms with E-state index in [1.165, 1.54) is 12.3 Å². The number of aromatic nitrogens is 2. The molecule has 0 atom stereocenters. The fourth-order valence-electron chi connectivity index (χ4n) is 4.13. The van der Waals surface area contributed by atoms with E-state index in [0.29, 0.717) is 30.2 Å². The Bertz CT molecular complexity index is 1310. The highest BCUT2D eigenvalue weighted by atomic mass is 35.5. The van der Waals surface area contributed by atoms with Crippen molar-refractivity contribution >= 4 is 40.7 Å². The number of piperidine rings is 1. The Morgan fingerprint density at radius 2 is 1.90 bits per heavy atom. The SMILES string of the molecule is C=CC(=O)Nc1cccc(Oc2nc(Nc3ccc(OC4CCN(CCCC(=O)NO)CC4)cc3)ncc2Cl)c1. The molecule has 3 aromatic rings. The summed E-state index contributed by atoms with van der Waals surface area (Å²) in [5, 5.41) is 14.6. The fourth-order valence-corrected chi connectivity index (χ4v) is 4.26. The number of hydrogen-bond acceptors (Lipinski definition) is 9. The zero-order valence-electron chi connectivity index (χ0n) is 21.8. The van der Waals surface area contributed by atoms with E-state index in [1.807, 2.05) is 24.3 Å². The van der Waals surface area contributed by atoms with E-state index in [9.17, 15) is 9.59 Å². The van der Waals surface area contributed by atoms with Crippen LogP contribution >= 0.6 is 11.6 Å². The van der Waals surface area contributed by atoms with Gasteiger partial charge in [0.25, 0.3) is 0 Å². The number of likely N-dealkylation sites (tertiary alicyclic amines) is 1. The molecule has 1 fully saturated rings. The number of nitrogens with one attached hydrogen (secondary N) is 3. The molecule has 0 radical (unpaired) electrons. The second-order valence-corrected chi connectivity index (χ2v) is 9.52. The number of carbonyl (C=O) groups is 2. The van der Waals surface area contributed by atoms with Gasteiger partial charge in [0, 0.05) is 37.0 Å². The van der Waals surface area contributed by atoms with E-state index in [-0.39, 0.29) is 28.8 Å². The monoisotopic (exact) mass is 566 g/mol. The van der Waals surface area contributed by atoms with Crippen LogP contribution in [0.3, 0.4) is 0 Å². The first-order valence-electron chi connectivity index (χ1n) is 12.8. The summed E-state index contributed by atoms with van der Waals surface area (Å²) in [5.41, 5.74) is 2.97. The van der Waals surface area contributed by atoms with E-state index < -0.39 is 0 Å². The van der Waals surface area contributed by atoms with Crippen LogP contribution in [0.25, 0.3) is 0 Å². The standard InChI is InChI=1S/C28H31ClN6O5/c1-2-25(36)31-20-5-3-6-23(17-20)40-27-24(29)18-30-28(33-27)32-19-8-10-21(11-9-19)39-22-12-15-35(16-13-22)14-4-7-26(37)34-38/h2-3,5-6,8-11,17-18,22,38H,1,4,7,12-16H2,(H,31,36)(H,34,37)(H,30,32,33). The maximum Gasteiger partial charge on any atom is 0.247 e. The zero-order chi connectivity index (χ0) is 28.3. The number of anilines is 3. The molecule has 2 aromatic carbocycles. The average molecular weight is 567 g/mol. The van der Waals surface area contributed by atoms with Gasteiger partial charge in [-0.05, 0) is 68.3 Å². The molecule has 210 valence electrons. The third-order valence-corrected chi connectivity index (χ3v) is 6.42. The van der Waals surface area contributed by atoms with Crippen molar-refractivity contribution < 1.29 is 24.3 Å². The Morgan fingerprint density at radius 3 is 2.62 bits per heavy atom. The molecule has 1 aromatic heterocycles. The van der Waals surface area contributed by atoms with Gasteiger partial charge in [-0.15, -0.1) is 0 Å². The Hall–Kier alpha value is -4.19. The van der Waals surface area contributed by atoms with Gasteiger partial charge in [-0.3, -0.25) is 14.8 Å². The van der Waals surface area contributed by atoms with Crippen LogP contribution in [0.5, 0.6) is 17.4 Å². The number of nitrogens with zero attached hydrogens (tertiary/aromatic N) is 3. The third kappa shape index (κ3) is 8.67. The molecule has 4 N–H and O–H groups in total. The number of benzene rings is 2. The van der Waals surface area contributed by atoms with Crippen LogP contribution in [0.15, 0.2) is 67.4 Å². The van der Waals surface area contributed by atoms with Crippen LogP contribution in [-0.2, 0) is 9.59 Å². The molecule has 11 nitrogen and oxygen atoms in total. The summed E-state index contributed by atoms with van der Waals surface area (Å²) in [6, 6.07) is 14.4. The third-order valence-electron chi connectivity index (χ3n) is 6.16. The topological polar surface area (TPSA) is 138 Å². The summed E-state index contributed by atoms with van der Waals surface area (Å²) in [6.45, 7) is 6.06. The van der Waals surface area contributed by atoms with Crippen molar-refractivity contribution in [2.24, 2.45) is 0 Å². The lowest BCUT2D eigenvalue weighted by Crippen LogP contribution is -2.39. The molecule has 2 amide bonds. The second-order valence-electron chi connectivity index (χ2n) is 9.12. The molecule has 1 saturated heterocycles. The van der Waals surface area contributed by atoms with Crippen molar-refractivity contribution in [2.45, 2.75) is 31.8 Å². The minimum atomic E-state index is -0.356. The molecule has 12 heteroatoms. The summed E-state index contributed by atoms with van der Waals surface area (Å²) in [7, 11) is 0. The Morgan fingerprint density at radius 1 is 1.12 bits per heavy atom. The lowest BCUT2D eigenvalue weighted by Gasteiger charge is -2.32. The first kappa shape index (κ1) is 28.8. The molecule has 0 aliphatic carbocycles. The molecule has 0 unspecified atom stereocenters. The summed E-state index contributed by atoms with van der Waals surface area (Å²) in [6.07, 6.45) is 5.57. The quantitative estimate of drug-likeness (QED) is 0.137. The molecular formula is C28H31ClN6O5. The highest BCUT2D eigenvalue weighted by Gasteiger charge is 2.20. The van der Waals surface area contributed by atoms with Gasteiger partial charge in [-0.1, -0.05) is 24.2 Å². The van der Waals surface area contributed by atoms with Gasteiger partial charge in [0.1, 0.15) is 22.6 Å². The Labute approximate surface area is 237 Å². The summed E-state index contributed by atoms with van der Waals surface area (Å²) in [4.78, 5) is 33.6. The van der Waals surface area contributed by atoms with E-state index in [2.05, 4.69) is 32.1 Å². The molecule has 4 rings (SSSR count). The van der Waals surface area contributed by atoms with Gasteiger partial charge in [-0.25, -0.2) is 10.5 Å². The van der Waals surface area contributed by atoms with E-state index in [0.717, 1.165) is 43.9 Å². The van der Waals surface area contributed by atoms with Crippen LogP contribution in [-0.4, -0.2) is 57.6 Å². The van der Waals surface area contributed by atoms with Crippen LogP contribution in [0.4, 0.5) is 17.3 Å². The first-order valence-corrected chi connectivity index (χ1v) is 13.2. The molecular weight excluding hydrogens is 536 g/mol. The van der Waals surface area contributed by atoms with Gasteiger partial charge < -0.3 is 25.0 Å². The van der Waals surface area contributed by atoms with Crippen LogP contribution in [0.2, 0.25) is 5.02 Å². The minimum absolute atomic E-state index is 0.124. The van der Waals surface area contributed by atoms with Gasteiger partial charge in [0.2, 0.25) is 23.6 Å². The number of amides is 2. The number of hydrogen-bond donors (Lipinski definition) is 4. The van der Waals surface area contributed by atoms with Crippen molar-refractivity contribution in [3.63, 3.8) is 0 Å². The highest BCUT2D eigenvalue weighted by Crippen LogP contribution is 2.30. The van der Waals surface area contributed by atoms with Gasteiger partial charge in [-0.2, -0.15) is 4.98 Å². The normalized spacial score (nSPS) is 13.8. The largest absolute Gasteiger partial charge is 0.490 e. The summed E-state index contributed by atoms with van der Waals surface area (Å²) in [5.74, 6) is 0.987. The van der Waals surface area contributed by atoms with Crippen molar-refractivity contribution in [1.82, 2.24) is 20.3 Å². The lowest BCUT2D eigenvalue weighted by atomic mass is 10.1. The molecule has 40 heavy (non-hydrogen) atoms. The molecule has 0 spiro atoms. The van der Waals surface area contributed by atoms with Crippen LogP contribution in [0, 0.1) is 0 Å². The predicted molar refractivity (Wildman–Crippen MR) is 151 cm³/mol. The second kappa shape index (κ2) is 14.3. The molecule has 1 aliphatic heterocycles. The van der Waals surface area contributed by atoms with Crippen LogP contribution < -0.4 is 25.6 Å². The van der Waals surface area contributed by atoms with Crippen molar-refractivity contribution in [3.8, 4) is 17.4 Å². The smallest absolute Gasteiger partial charge is 0.247 e. The molecule has 1 aliphatic rings. The number of hydroxylamine groups is 1. The fraction of sp³-hybridized carbons (Fsp3) is 0.286. The maximum absolute atomic E-state index is 11.6. The predicted octanol–water partition coefficient (Wildman–Crippen LogP) is 4.92. The van der Waals surface area contributed by atoms with Crippen molar-refractivity contribution in [3.05, 3.63) is 72.4 Å². The van der Waals surface area contributed by atoms with E-state index >= 15 is 0 Å². The van der Waals surface area contributed by atoms with Crippen LogP contribution in [0.1, 0.15) is 25.7 Å². The van der Waals surface area contributed by atoms with E-state index in [1.54, 1.807) is 29.7 Å². The summed E-state index contributed by atoms with van der Waals surface area (Å²) >= 11 is 6.26. The average Bonchev–Trinajstić information content (AvgIpc) is 2.97. The number of rotatable bonds is 12. The molecule has 0 saturated carbocycles. The van der Waals surface area contributed by atoms with Crippen molar-refractivity contribution in [1.29, 1.82) is 0 Å². The minimum Gasteiger partial charge on any atom is -0.490 e. The number of halogens is 1. The molecule has 2 heterocycles. The van der Waals surface area contributed by atoms with Crippen molar-refractivity contribution in [2.75, 3.05) is 30.3 Å². The Balaban J connectivity index is 1.28. The first-order chi connectivity index (χ1) is 19.4. The molecule has 0 bridgehead atoms. The van der Waals surface area contributed by atoms with Gasteiger partial charge in [0.15, 0.2) is 0 Å². The highest BCUT2D eigenvalue weighted by molar-refractivity contribution is 6.31. The van der Waals surface area contributed by atoms with Gasteiger partial charge in [0.05, 0.1) is 6.20 Å². The maximum atomic E-state index is 11.6. The summed E-state index contributed by atoms with van der Waals surface area (Å²) < 4.78 is 12.0. The Kier molecular flexibility index (Phi) is 10.3. The number of carbonyl (C=O) groups excluding carboxylic acids is 2. The van der Waals surface area contributed by atoms with Gasteiger partial charge >= 0.3 is 0 Å². The zero-order valence-corrected chi connectivity index (χ0v) is 22.6. The lowest BCUT2D eigenvalue weighted by molar-refractivity contribution is -0.129. The number of ether oxygens (including phenoxy) is 2. The van der Waals surface area contributed by atoms with E-state index in [4.69, 9.17) is 26.3 Å².